The van der Waals surface area contributed by atoms with Crippen molar-refractivity contribution in [3.8, 4) is 0 Å². The maximum absolute atomic E-state index is 12.2. The van der Waals surface area contributed by atoms with Crippen LogP contribution < -0.4 is 0 Å². The molecule has 4 heterocycles. The van der Waals surface area contributed by atoms with Gasteiger partial charge in [0.25, 0.3) is 0 Å². The van der Waals surface area contributed by atoms with Crippen LogP contribution in [0.25, 0.3) is 0 Å². The predicted molar refractivity (Wildman–Crippen MR) is 238 cm³/mol. The summed E-state index contributed by atoms with van der Waals surface area (Å²) in [6.45, 7) is 34.9. The van der Waals surface area contributed by atoms with Gasteiger partial charge in [0.1, 0.15) is 0 Å². The van der Waals surface area contributed by atoms with Gasteiger partial charge in [-0.25, -0.2) is 0 Å². The number of allylic oxidation sites excluding steroid dienone is 8. The third kappa shape index (κ3) is 17.4. The number of piperidine rings is 1. The molecule has 0 atom stereocenters. The monoisotopic (exact) mass is 1530 g/mol. The molecule has 13 heteroatoms. The van der Waals surface area contributed by atoms with Crippen molar-refractivity contribution in [2.45, 2.75) is 141 Å². The summed E-state index contributed by atoms with van der Waals surface area (Å²) in [5, 5.41) is 0. The molecule has 340 valence electrons. The molecular formula is C49H66N4O5W4-4. The molecule has 9 nitrogen and oxygen atoms in total. The van der Waals surface area contributed by atoms with Gasteiger partial charge in [0, 0.05) is 0 Å². The Balaban J connectivity index is 0.000000414. The van der Waals surface area contributed by atoms with Gasteiger partial charge in [-0.3, -0.25) is 0 Å². The second-order valence-electron chi connectivity index (χ2n) is 16.0. The normalized spacial score (nSPS) is 22.4. The fourth-order valence-corrected chi connectivity index (χ4v) is 8.42. The number of likely N-dealkylation sites (tertiary alicyclic amines) is 3. The third-order valence-electron chi connectivity index (χ3n) is 9.73. The van der Waals surface area contributed by atoms with Crippen LogP contribution in [0.2, 0.25) is 0 Å². The number of rotatable bonds is 8. The van der Waals surface area contributed by atoms with E-state index in [0.717, 1.165) is 58.0 Å². The first-order valence-corrected chi connectivity index (χ1v) is 26.7. The molecular weight excluding hydrogens is 1460 g/mol. The first-order valence-electron chi connectivity index (χ1n) is 20.8. The van der Waals surface area contributed by atoms with Crippen LogP contribution in [-0.2, 0) is 101 Å². The number of hydrogen-bond acceptors (Lipinski definition) is 6. The summed E-state index contributed by atoms with van der Waals surface area (Å²) in [5.41, 5.74) is 5.84. The van der Waals surface area contributed by atoms with Crippen molar-refractivity contribution in [3.63, 3.8) is 0 Å². The Labute approximate surface area is 417 Å². The Morgan fingerprint density at radius 1 is 0.548 bits per heavy atom. The summed E-state index contributed by atoms with van der Waals surface area (Å²) in [7, 11) is 0. The molecule has 0 aromatic heterocycles. The van der Waals surface area contributed by atoms with Gasteiger partial charge in [-0.15, -0.1) is 0 Å². The van der Waals surface area contributed by atoms with Crippen molar-refractivity contribution in [2.75, 3.05) is 26.4 Å². The number of imide groups is 1. The number of ether oxygens (including phenoxy) is 1. The number of carbonyl (C=O) groups excluding carboxylic acids is 4. The standard InChI is InChI=1S/C13H18NO.C12H14NO2.C12H18NO.C12H16NO.4W/c1-5-7-11-8-9-14(10(3)4)13(15)12(11)6-2;1-5-7-10-9(6-2)11(14)13(8(3)4)12(10)15;1-5-7-12-11(6-2)8-13(9-14-12)10(3)4;1-5-7-10-8-13(9(3)4)12(14)11(10)6-2;;;;/h7,10H,8-9H2,1-4H3;7-8H,1-4H3;7,10H,8-9H2,1-4H3;7,9H,8H2,1-4H3;;;;/q4*-1;;;;. The molecule has 0 aromatic carbocycles. The van der Waals surface area contributed by atoms with E-state index in [4.69, 9.17) is 4.74 Å². The van der Waals surface area contributed by atoms with E-state index in [1.54, 1.807) is 13.0 Å². The van der Waals surface area contributed by atoms with Crippen LogP contribution in [0.3, 0.4) is 0 Å². The van der Waals surface area contributed by atoms with Crippen LogP contribution in [0.4, 0.5) is 0 Å². The molecule has 0 aromatic rings. The second kappa shape index (κ2) is 28.1. The van der Waals surface area contributed by atoms with Crippen molar-refractivity contribution >= 4 is 39.2 Å². The summed E-state index contributed by atoms with van der Waals surface area (Å²) < 4.78 is 10.8. The van der Waals surface area contributed by atoms with Crippen molar-refractivity contribution in [1.82, 2.24) is 19.6 Å². The van der Waals surface area contributed by atoms with Gasteiger partial charge in [-0.2, -0.15) is 0 Å². The summed E-state index contributed by atoms with van der Waals surface area (Å²) in [5.74, 6) is 0.818. The molecule has 4 aliphatic rings. The summed E-state index contributed by atoms with van der Waals surface area (Å²) in [4.78, 5) is 55.5. The van der Waals surface area contributed by atoms with E-state index < -0.39 is 0 Å². The van der Waals surface area contributed by atoms with Gasteiger partial charge in [0.05, 0.1) is 0 Å². The van der Waals surface area contributed by atoms with Crippen LogP contribution >= 0.6 is 0 Å². The van der Waals surface area contributed by atoms with Crippen molar-refractivity contribution in [3.05, 3.63) is 93.4 Å². The number of amides is 4. The van der Waals surface area contributed by atoms with E-state index in [0.29, 0.717) is 23.9 Å². The molecule has 0 unspecified atom stereocenters. The van der Waals surface area contributed by atoms with E-state index in [2.05, 4.69) is 95.9 Å². The fourth-order valence-electron chi connectivity index (χ4n) is 6.59. The molecule has 0 spiro atoms. The van der Waals surface area contributed by atoms with E-state index in [-0.39, 0.29) is 41.8 Å². The zero-order chi connectivity index (χ0) is 47.8. The Morgan fingerprint density at radius 3 is 1.44 bits per heavy atom. The molecule has 4 fully saturated rings. The molecule has 4 aliphatic heterocycles. The van der Waals surface area contributed by atoms with Crippen molar-refractivity contribution in [1.29, 1.82) is 0 Å². The average Bonchev–Trinajstić information content (AvgIpc) is 3.61. The summed E-state index contributed by atoms with van der Waals surface area (Å²) >= 11 is 5.68. The van der Waals surface area contributed by atoms with Crippen LogP contribution in [0.1, 0.15) is 117 Å². The molecule has 62 heavy (non-hydrogen) atoms. The molecule has 0 bridgehead atoms. The Morgan fingerprint density at radius 2 is 1.02 bits per heavy atom. The zero-order valence-corrected chi connectivity index (χ0v) is 51.4. The Kier molecular flexibility index (Phi) is 26.3. The van der Waals surface area contributed by atoms with Crippen molar-refractivity contribution in [2.24, 2.45) is 0 Å². The predicted octanol–water partition coefficient (Wildman–Crippen LogP) is 6.93. The number of carbonyl (C=O) groups is 4. The third-order valence-corrected chi connectivity index (χ3v) is 11.4. The second-order valence-corrected chi connectivity index (χ2v) is 25.3. The quantitative estimate of drug-likeness (QED) is 0.149. The van der Waals surface area contributed by atoms with E-state index in [9.17, 15) is 19.2 Å². The Hall–Kier alpha value is -2.01. The number of hydrogen-bond donors (Lipinski definition) is 0. The maximum atomic E-state index is 12.2. The zero-order valence-electron chi connectivity index (χ0n) is 39.6. The van der Waals surface area contributed by atoms with E-state index in [1.807, 2.05) is 65.2 Å². The summed E-state index contributed by atoms with van der Waals surface area (Å²) in [6, 6.07) is 0.942. The molecule has 4 rings (SSSR count). The SMILES string of the molecule is C[C-]=C1C(=O)N(C(C)C)C(=O)C1=C[C](C)=[W].C[C-]=C1C(=O)N(C(C)C)CC1=C[C](C)=[W].C[C-]=C1C(=O)N(C(C)C)CCC1=C[C](C)=[W].C[C-]=C1CN(C(C)C)COC1=C[C](C)=[W]. The molecule has 0 saturated carbocycles. The van der Waals surface area contributed by atoms with Gasteiger partial charge in [-0.05, 0) is 0 Å². The van der Waals surface area contributed by atoms with Crippen LogP contribution in [0, 0.1) is 24.3 Å². The molecule has 4 amide bonds. The topological polar surface area (TPSA) is 90.5 Å². The first kappa shape index (κ1) is 58.0. The van der Waals surface area contributed by atoms with Gasteiger partial charge in [0.2, 0.25) is 0 Å². The average molecular weight is 1530 g/mol. The van der Waals surface area contributed by atoms with E-state index >= 15 is 0 Å². The first-order chi connectivity index (χ1) is 28.9. The Bertz CT molecular complexity index is 2010. The molecule has 0 N–H and O–H groups in total. The minimum absolute atomic E-state index is 0.112. The fraction of sp³-hybridized carbons (Fsp3) is 0.510. The molecule has 0 aliphatic carbocycles. The molecule has 4 saturated heterocycles. The molecule has 0 radical (unpaired) electrons. The van der Waals surface area contributed by atoms with Crippen molar-refractivity contribution < 1.29 is 101 Å². The van der Waals surface area contributed by atoms with Gasteiger partial charge in [-0.1, -0.05) is 0 Å². The van der Waals surface area contributed by atoms with Gasteiger partial charge < -0.3 is 0 Å². The minimum atomic E-state index is -0.231. The van der Waals surface area contributed by atoms with Crippen LogP contribution in [0.15, 0.2) is 69.1 Å². The summed E-state index contributed by atoms with van der Waals surface area (Å²) in [6.07, 6.45) is 21.2. The van der Waals surface area contributed by atoms with Gasteiger partial charge in [0.15, 0.2) is 0 Å². The van der Waals surface area contributed by atoms with Crippen LogP contribution in [0.5, 0.6) is 0 Å². The number of nitrogens with zero attached hydrogens (tertiary/aromatic N) is 4. The van der Waals surface area contributed by atoms with Crippen LogP contribution in [-0.4, -0.2) is 109 Å². The van der Waals surface area contributed by atoms with Gasteiger partial charge >= 0.3 is 421 Å². The van der Waals surface area contributed by atoms with E-state index in [1.165, 1.54) is 99.6 Å².